The summed E-state index contributed by atoms with van der Waals surface area (Å²) in [6.45, 7) is 1.99. The van der Waals surface area contributed by atoms with E-state index in [1.165, 1.54) is 0 Å². The molecular weight excluding hydrogens is 241 g/mol. The minimum Gasteiger partial charge on any atom is -0.495 e. The monoisotopic (exact) mass is 251 g/mol. The van der Waals surface area contributed by atoms with E-state index < -0.39 is 0 Å². The molecule has 0 aliphatic heterocycles. The van der Waals surface area contributed by atoms with Crippen molar-refractivity contribution in [3.05, 3.63) is 22.2 Å². The number of ether oxygens (including phenoxy) is 1. The topological polar surface area (TPSA) is 35.2 Å². The fourth-order valence-corrected chi connectivity index (χ4v) is 1.21. The third-order valence-corrected chi connectivity index (χ3v) is 2.37. The number of hydrogen-bond acceptors (Lipinski definition) is 2. The number of halogens is 2. The second kappa shape index (κ2) is 4.58. The van der Waals surface area contributed by atoms with Crippen molar-refractivity contribution in [3.63, 3.8) is 0 Å². The molecule has 0 atom stereocenters. The standard InChI is InChI=1S/C8H10BrNO.ClH/c1-5-3-8(11-2)7(10)4-6(5)9;/h3-4H,10H2,1-2H3;1H. The Kier molecular flexibility index (Phi) is 4.42. The first-order valence-corrected chi connectivity index (χ1v) is 4.04. The molecule has 1 aromatic carbocycles. The fraction of sp³-hybridized carbons (Fsp3) is 0.250. The third kappa shape index (κ3) is 2.29. The lowest BCUT2D eigenvalue weighted by Crippen LogP contribution is -1.93. The number of anilines is 1. The van der Waals surface area contributed by atoms with Gasteiger partial charge in [-0.15, -0.1) is 12.4 Å². The fourth-order valence-electron chi connectivity index (χ4n) is 0.847. The molecule has 12 heavy (non-hydrogen) atoms. The van der Waals surface area contributed by atoms with Crippen LogP contribution >= 0.6 is 28.3 Å². The van der Waals surface area contributed by atoms with Crippen LogP contribution in [0.25, 0.3) is 0 Å². The van der Waals surface area contributed by atoms with Gasteiger partial charge in [-0.25, -0.2) is 0 Å². The quantitative estimate of drug-likeness (QED) is 0.780. The van der Waals surface area contributed by atoms with Crippen LogP contribution in [0.5, 0.6) is 5.75 Å². The molecule has 0 amide bonds. The number of benzene rings is 1. The normalized spacial score (nSPS) is 8.92. The highest BCUT2D eigenvalue weighted by Crippen LogP contribution is 2.28. The zero-order chi connectivity index (χ0) is 8.43. The molecule has 2 N–H and O–H groups in total. The molecule has 0 spiro atoms. The van der Waals surface area contributed by atoms with Crippen LogP contribution in [-0.4, -0.2) is 7.11 Å². The molecule has 68 valence electrons. The van der Waals surface area contributed by atoms with E-state index in [9.17, 15) is 0 Å². The summed E-state index contributed by atoms with van der Waals surface area (Å²) in [6, 6.07) is 3.74. The highest BCUT2D eigenvalue weighted by atomic mass is 79.9. The van der Waals surface area contributed by atoms with Gasteiger partial charge < -0.3 is 10.5 Å². The molecule has 0 unspecified atom stereocenters. The number of nitrogens with two attached hydrogens (primary N) is 1. The molecule has 0 saturated heterocycles. The largest absolute Gasteiger partial charge is 0.495 e. The van der Waals surface area contributed by atoms with Crippen LogP contribution in [-0.2, 0) is 0 Å². The smallest absolute Gasteiger partial charge is 0.142 e. The molecule has 4 heteroatoms. The Labute approximate surface area is 86.6 Å². The Balaban J connectivity index is 0.00000121. The van der Waals surface area contributed by atoms with E-state index in [1.807, 2.05) is 19.1 Å². The Bertz CT molecular complexity index is 278. The Morgan fingerprint density at radius 3 is 2.50 bits per heavy atom. The minimum atomic E-state index is 0. The molecule has 1 aromatic rings. The van der Waals surface area contributed by atoms with Crippen LogP contribution in [0.1, 0.15) is 5.56 Å². The van der Waals surface area contributed by atoms with Crippen molar-refractivity contribution in [1.29, 1.82) is 0 Å². The number of nitrogen functional groups attached to an aromatic ring is 1. The van der Waals surface area contributed by atoms with Gasteiger partial charge in [-0.3, -0.25) is 0 Å². The van der Waals surface area contributed by atoms with Crippen LogP contribution in [0.3, 0.4) is 0 Å². The lowest BCUT2D eigenvalue weighted by molar-refractivity contribution is 0.416. The molecule has 0 aliphatic carbocycles. The predicted molar refractivity (Wildman–Crippen MR) is 57.1 cm³/mol. The number of rotatable bonds is 1. The van der Waals surface area contributed by atoms with E-state index in [1.54, 1.807) is 7.11 Å². The second-order valence-electron chi connectivity index (χ2n) is 2.34. The Morgan fingerprint density at radius 1 is 1.42 bits per heavy atom. The Hall–Kier alpha value is -0.410. The summed E-state index contributed by atoms with van der Waals surface area (Å²) in [5, 5.41) is 0. The molecular formula is C8H11BrClNO. The van der Waals surface area contributed by atoms with E-state index in [0.717, 1.165) is 15.8 Å². The summed E-state index contributed by atoms with van der Waals surface area (Å²) in [5.41, 5.74) is 7.42. The maximum Gasteiger partial charge on any atom is 0.142 e. The van der Waals surface area contributed by atoms with Gasteiger partial charge in [-0.1, -0.05) is 15.9 Å². The average molecular weight is 253 g/mol. The van der Waals surface area contributed by atoms with Crippen LogP contribution in [0.4, 0.5) is 5.69 Å². The van der Waals surface area contributed by atoms with E-state index in [0.29, 0.717) is 5.69 Å². The molecule has 0 saturated carbocycles. The van der Waals surface area contributed by atoms with Gasteiger partial charge in [0.2, 0.25) is 0 Å². The molecule has 0 aromatic heterocycles. The van der Waals surface area contributed by atoms with Gasteiger partial charge in [0.15, 0.2) is 0 Å². The lowest BCUT2D eigenvalue weighted by atomic mass is 10.2. The van der Waals surface area contributed by atoms with Gasteiger partial charge in [0.1, 0.15) is 5.75 Å². The lowest BCUT2D eigenvalue weighted by Gasteiger charge is -2.06. The molecule has 2 nitrogen and oxygen atoms in total. The summed E-state index contributed by atoms with van der Waals surface area (Å²) in [5.74, 6) is 0.728. The summed E-state index contributed by atoms with van der Waals surface area (Å²) in [7, 11) is 1.61. The molecule has 0 fully saturated rings. The van der Waals surface area contributed by atoms with Gasteiger partial charge in [-0.2, -0.15) is 0 Å². The molecule has 1 rings (SSSR count). The summed E-state index contributed by atoms with van der Waals surface area (Å²) >= 11 is 3.37. The minimum absolute atomic E-state index is 0. The van der Waals surface area contributed by atoms with Crippen LogP contribution < -0.4 is 10.5 Å². The van der Waals surface area contributed by atoms with E-state index in [2.05, 4.69) is 15.9 Å². The van der Waals surface area contributed by atoms with Gasteiger partial charge in [0.25, 0.3) is 0 Å². The van der Waals surface area contributed by atoms with Crippen LogP contribution in [0.15, 0.2) is 16.6 Å². The summed E-state index contributed by atoms with van der Waals surface area (Å²) < 4.78 is 6.04. The van der Waals surface area contributed by atoms with Crippen LogP contribution in [0, 0.1) is 6.92 Å². The van der Waals surface area contributed by atoms with Crippen molar-refractivity contribution in [2.45, 2.75) is 6.92 Å². The zero-order valence-electron chi connectivity index (χ0n) is 6.93. The summed E-state index contributed by atoms with van der Waals surface area (Å²) in [6.07, 6.45) is 0. The van der Waals surface area contributed by atoms with Crippen molar-refractivity contribution >= 4 is 34.0 Å². The maximum absolute atomic E-state index is 5.65. The van der Waals surface area contributed by atoms with Gasteiger partial charge in [0.05, 0.1) is 12.8 Å². The molecule has 0 aliphatic rings. The van der Waals surface area contributed by atoms with Crippen molar-refractivity contribution in [2.75, 3.05) is 12.8 Å². The molecule has 0 heterocycles. The highest BCUT2D eigenvalue weighted by molar-refractivity contribution is 9.10. The summed E-state index contributed by atoms with van der Waals surface area (Å²) in [4.78, 5) is 0. The molecule has 0 bridgehead atoms. The molecule has 0 radical (unpaired) electrons. The van der Waals surface area contributed by atoms with E-state index in [4.69, 9.17) is 10.5 Å². The van der Waals surface area contributed by atoms with Gasteiger partial charge >= 0.3 is 0 Å². The van der Waals surface area contributed by atoms with Gasteiger partial charge in [0, 0.05) is 4.47 Å². The van der Waals surface area contributed by atoms with Crippen molar-refractivity contribution in [1.82, 2.24) is 0 Å². The first-order valence-electron chi connectivity index (χ1n) is 3.24. The van der Waals surface area contributed by atoms with Gasteiger partial charge in [-0.05, 0) is 24.6 Å². The van der Waals surface area contributed by atoms with E-state index in [-0.39, 0.29) is 12.4 Å². The number of hydrogen-bond donors (Lipinski definition) is 1. The van der Waals surface area contributed by atoms with E-state index >= 15 is 0 Å². The maximum atomic E-state index is 5.65. The first-order chi connectivity index (χ1) is 5.15. The van der Waals surface area contributed by atoms with Crippen LogP contribution in [0.2, 0.25) is 0 Å². The number of aryl methyl sites for hydroxylation is 1. The second-order valence-corrected chi connectivity index (χ2v) is 3.20. The highest BCUT2D eigenvalue weighted by Gasteiger charge is 2.01. The average Bonchev–Trinajstić information content (AvgIpc) is 1.97. The zero-order valence-corrected chi connectivity index (χ0v) is 9.33. The number of methoxy groups -OCH3 is 1. The van der Waals surface area contributed by atoms with Crippen molar-refractivity contribution in [3.8, 4) is 5.75 Å². The van der Waals surface area contributed by atoms with Crippen molar-refractivity contribution < 1.29 is 4.74 Å². The SMILES string of the molecule is COc1cc(C)c(Br)cc1N.Cl. The Morgan fingerprint density at radius 2 is 2.00 bits per heavy atom. The first kappa shape index (κ1) is 11.6. The van der Waals surface area contributed by atoms with Crippen molar-refractivity contribution in [2.24, 2.45) is 0 Å². The third-order valence-electron chi connectivity index (χ3n) is 1.51. The predicted octanol–water partition coefficient (Wildman–Crippen LogP) is 2.77.